The maximum Gasteiger partial charge on any atom is 0.225 e. The second-order valence-corrected chi connectivity index (χ2v) is 3.48. The van der Waals surface area contributed by atoms with Gasteiger partial charge >= 0.3 is 0 Å². The van der Waals surface area contributed by atoms with E-state index in [1.165, 1.54) is 0 Å². The van der Waals surface area contributed by atoms with Crippen LogP contribution < -0.4 is 11.1 Å². The SMILES string of the molecule is CC(CO)Nc1nc(N)cc(Br)n1. The van der Waals surface area contributed by atoms with Crippen molar-refractivity contribution in [1.82, 2.24) is 9.97 Å². The van der Waals surface area contributed by atoms with Gasteiger partial charge in [0.15, 0.2) is 0 Å². The lowest BCUT2D eigenvalue weighted by atomic mass is 10.4. The summed E-state index contributed by atoms with van der Waals surface area (Å²) in [6.45, 7) is 1.84. The molecule has 1 heterocycles. The second-order valence-electron chi connectivity index (χ2n) is 2.67. The zero-order valence-electron chi connectivity index (χ0n) is 7.16. The highest BCUT2D eigenvalue weighted by Gasteiger charge is 2.03. The number of nitrogens with zero attached hydrogens (tertiary/aromatic N) is 2. The van der Waals surface area contributed by atoms with Gasteiger partial charge in [0, 0.05) is 12.1 Å². The summed E-state index contributed by atoms with van der Waals surface area (Å²) < 4.78 is 0.618. The van der Waals surface area contributed by atoms with E-state index < -0.39 is 0 Å². The fourth-order valence-electron chi connectivity index (χ4n) is 0.766. The maximum atomic E-state index is 8.77. The van der Waals surface area contributed by atoms with E-state index in [0.29, 0.717) is 16.4 Å². The quantitative estimate of drug-likeness (QED) is 0.681. The number of aliphatic hydroxyl groups is 1. The lowest BCUT2D eigenvalue weighted by molar-refractivity contribution is 0.281. The first kappa shape index (κ1) is 10.2. The molecule has 1 rings (SSSR count). The van der Waals surface area contributed by atoms with E-state index in [1.54, 1.807) is 6.07 Å². The highest BCUT2D eigenvalue weighted by atomic mass is 79.9. The van der Waals surface area contributed by atoms with Crippen LogP contribution in [0.1, 0.15) is 6.92 Å². The van der Waals surface area contributed by atoms with Gasteiger partial charge in [0.2, 0.25) is 5.95 Å². The van der Waals surface area contributed by atoms with Gasteiger partial charge in [-0.3, -0.25) is 0 Å². The van der Waals surface area contributed by atoms with Gasteiger partial charge in [-0.05, 0) is 22.9 Å². The molecule has 0 aliphatic carbocycles. The fraction of sp³-hybridized carbons (Fsp3) is 0.429. The summed E-state index contributed by atoms with van der Waals surface area (Å²) in [5.41, 5.74) is 5.49. The summed E-state index contributed by atoms with van der Waals surface area (Å²) in [7, 11) is 0. The molecule has 0 spiro atoms. The van der Waals surface area contributed by atoms with Crippen molar-refractivity contribution in [2.45, 2.75) is 13.0 Å². The number of hydrogen-bond donors (Lipinski definition) is 3. The summed E-state index contributed by atoms with van der Waals surface area (Å²) in [6.07, 6.45) is 0. The van der Waals surface area contributed by atoms with Crippen LogP contribution in [0.5, 0.6) is 0 Å². The van der Waals surface area contributed by atoms with Gasteiger partial charge in [0.25, 0.3) is 0 Å². The first-order chi connectivity index (χ1) is 6.11. The van der Waals surface area contributed by atoms with Gasteiger partial charge in [-0.1, -0.05) is 0 Å². The van der Waals surface area contributed by atoms with Crippen LogP contribution in [0.4, 0.5) is 11.8 Å². The molecule has 1 aromatic heterocycles. The van der Waals surface area contributed by atoms with Crippen molar-refractivity contribution in [3.8, 4) is 0 Å². The van der Waals surface area contributed by atoms with E-state index in [1.807, 2.05) is 6.92 Å². The summed E-state index contributed by atoms with van der Waals surface area (Å²) in [6, 6.07) is 1.52. The summed E-state index contributed by atoms with van der Waals surface area (Å²) in [4.78, 5) is 7.96. The van der Waals surface area contributed by atoms with Crippen molar-refractivity contribution in [2.24, 2.45) is 0 Å². The molecule has 13 heavy (non-hydrogen) atoms. The van der Waals surface area contributed by atoms with Gasteiger partial charge < -0.3 is 16.2 Å². The third-order valence-electron chi connectivity index (χ3n) is 1.36. The lowest BCUT2D eigenvalue weighted by Gasteiger charge is -2.10. The van der Waals surface area contributed by atoms with E-state index in [-0.39, 0.29) is 12.6 Å². The fourth-order valence-corrected chi connectivity index (χ4v) is 1.17. The van der Waals surface area contributed by atoms with Gasteiger partial charge in [-0.15, -0.1) is 0 Å². The van der Waals surface area contributed by atoms with Crippen LogP contribution in [-0.2, 0) is 0 Å². The standard InChI is InChI=1S/C7H11BrN4O/c1-4(3-13)10-7-11-5(8)2-6(9)12-7/h2,4,13H,3H2,1H3,(H3,9,10,11,12). The maximum absolute atomic E-state index is 8.77. The van der Waals surface area contributed by atoms with Crippen LogP contribution >= 0.6 is 15.9 Å². The van der Waals surface area contributed by atoms with E-state index in [9.17, 15) is 0 Å². The molecule has 1 unspecified atom stereocenters. The second kappa shape index (κ2) is 4.38. The summed E-state index contributed by atoms with van der Waals surface area (Å²) in [5.74, 6) is 0.794. The average molecular weight is 247 g/mol. The molecule has 0 radical (unpaired) electrons. The van der Waals surface area contributed by atoms with E-state index >= 15 is 0 Å². The van der Waals surface area contributed by atoms with Crippen LogP contribution in [0.25, 0.3) is 0 Å². The van der Waals surface area contributed by atoms with Crippen LogP contribution in [0.2, 0.25) is 0 Å². The van der Waals surface area contributed by atoms with Crippen molar-refractivity contribution in [3.05, 3.63) is 10.7 Å². The van der Waals surface area contributed by atoms with Crippen LogP contribution in [-0.4, -0.2) is 27.7 Å². The Hall–Kier alpha value is -0.880. The van der Waals surface area contributed by atoms with Gasteiger partial charge in [-0.2, -0.15) is 4.98 Å². The van der Waals surface area contributed by atoms with Crippen LogP contribution in [0.15, 0.2) is 10.7 Å². The molecule has 0 aliphatic heterocycles. The van der Waals surface area contributed by atoms with Crippen molar-refractivity contribution in [1.29, 1.82) is 0 Å². The van der Waals surface area contributed by atoms with Gasteiger partial charge in [-0.25, -0.2) is 4.98 Å². The molecule has 0 saturated carbocycles. The molecule has 1 aromatic rings. The van der Waals surface area contributed by atoms with Crippen molar-refractivity contribution in [3.63, 3.8) is 0 Å². The smallest absolute Gasteiger partial charge is 0.225 e. The molecule has 0 bridgehead atoms. The molecule has 0 aliphatic rings. The lowest BCUT2D eigenvalue weighted by Crippen LogP contribution is -2.21. The third kappa shape index (κ3) is 3.16. The Bertz CT molecular complexity index is 274. The third-order valence-corrected chi connectivity index (χ3v) is 1.77. The molecule has 0 fully saturated rings. The topological polar surface area (TPSA) is 84.1 Å². The first-order valence-electron chi connectivity index (χ1n) is 3.79. The minimum atomic E-state index is -0.0892. The summed E-state index contributed by atoms with van der Waals surface area (Å²) >= 11 is 3.19. The number of nitrogens with two attached hydrogens (primary N) is 1. The molecule has 6 heteroatoms. The molecule has 0 aromatic carbocycles. The Kier molecular flexibility index (Phi) is 3.44. The molecular formula is C7H11BrN4O. The normalized spacial score (nSPS) is 12.5. The predicted molar refractivity (Wildman–Crippen MR) is 54.3 cm³/mol. The Morgan fingerprint density at radius 1 is 1.69 bits per heavy atom. The Balaban J connectivity index is 2.77. The van der Waals surface area contributed by atoms with Crippen molar-refractivity contribution in [2.75, 3.05) is 17.7 Å². The number of aromatic nitrogens is 2. The number of halogens is 1. The molecule has 72 valence electrons. The van der Waals surface area contributed by atoms with Gasteiger partial charge in [0.05, 0.1) is 6.61 Å². The first-order valence-corrected chi connectivity index (χ1v) is 4.58. The van der Waals surface area contributed by atoms with Crippen LogP contribution in [0, 0.1) is 0 Å². The van der Waals surface area contributed by atoms with Crippen molar-refractivity contribution < 1.29 is 5.11 Å². The van der Waals surface area contributed by atoms with E-state index in [0.717, 1.165) is 0 Å². The molecule has 1 atom stereocenters. The zero-order chi connectivity index (χ0) is 9.84. The van der Waals surface area contributed by atoms with E-state index in [2.05, 4.69) is 31.2 Å². The Morgan fingerprint density at radius 3 is 2.92 bits per heavy atom. The van der Waals surface area contributed by atoms with Gasteiger partial charge in [0.1, 0.15) is 10.4 Å². The number of nitrogen functional groups attached to an aromatic ring is 1. The molecule has 0 amide bonds. The molecule has 0 saturated heterocycles. The highest BCUT2D eigenvalue weighted by molar-refractivity contribution is 9.10. The molecule has 4 N–H and O–H groups in total. The molecule has 5 nitrogen and oxygen atoms in total. The minimum absolute atomic E-state index is 0.0236. The number of aliphatic hydroxyl groups excluding tert-OH is 1. The molecular weight excluding hydrogens is 236 g/mol. The predicted octanol–water partition coefficient (Wildman–Crippen LogP) is 0.614. The zero-order valence-corrected chi connectivity index (χ0v) is 8.74. The monoisotopic (exact) mass is 246 g/mol. The van der Waals surface area contributed by atoms with Crippen LogP contribution in [0.3, 0.4) is 0 Å². The number of anilines is 2. The highest BCUT2D eigenvalue weighted by Crippen LogP contribution is 2.12. The summed E-state index contributed by atoms with van der Waals surface area (Å²) in [5, 5.41) is 11.7. The Morgan fingerprint density at radius 2 is 2.38 bits per heavy atom. The number of rotatable bonds is 3. The van der Waals surface area contributed by atoms with Crippen molar-refractivity contribution >= 4 is 27.7 Å². The number of hydrogen-bond acceptors (Lipinski definition) is 5. The largest absolute Gasteiger partial charge is 0.394 e. The number of nitrogens with one attached hydrogen (secondary N) is 1. The minimum Gasteiger partial charge on any atom is -0.394 e. The Labute approximate surface area is 84.5 Å². The average Bonchev–Trinajstić information content (AvgIpc) is 2.02. The van der Waals surface area contributed by atoms with E-state index in [4.69, 9.17) is 10.8 Å².